The Morgan fingerprint density at radius 3 is 2.71 bits per heavy atom. The third-order valence-electron chi connectivity index (χ3n) is 1.99. The molecule has 14 heavy (non-hydrogen) atoms. The zero-order valence-electron chi connectivity index (χ0n) is 6.93. The molecule has 5 heteroatoms. The monoisotopic (exact) mass is 233 g/mol. The van der Waals surface area contributed by atoms with Crippen LogP contribution in [-0.4, -0.2) is 0 Å². The van der Waals surface area contributed by atoms with Gasteiger partial charge in [0.05, 0.1) is 10.6 Å². The van der Waals surface area contributed by atoms with E-state index in [1.165, 1.54) is 17.4 Å². The molecule has 0 amide bonds. The molecule has 2 N–H and O–H groups in total. The fourth-order valence-electron chi connectivity index (χ4n) is 1.37. The van der Waals surface area contributed by atoms with Crippen LogP contribution in [0, 0.1) is 0 Å². The Morgan fingerprint density at radius 2 is 2.07 bits per heavy atom. The lowest BCUT2D eigenvalue weighted by atomic mass is 10.1. The first kappa shape index (κ1) is 9.68. The minimum Gasteiger partial charge on any atom is -0.398 e. The molecule has 0 aliphatic rings. The van der Waals surface area contributed by atoms with E-state index in [1.807, 2.05) is 0 Å². The quantitative estimate of drug-likeness (QED) is 0.738. The highest BCUT2D eigenvalue weighted by molar-refractivity contribution is 7.17. The van der Waals surface area contributed by atoms with Gasteiger partial charge in [0.15, 0.2) is 0 Å². The Bertz CT molecular complexity index is 481. The van der Waals surface area contributed by atoms with E-state index in [9.17, 15) is 8.78 Å². The van der Waals surface area contributed by atoms with Crippen molar-refractivity contribution in [1.82, 2.24) is 0 Å². The first-order chi connectivity index (χ1) is 6.61. The summed E-state index contributed by atoms with van der Waals surface area (Å²) in [5.41, 5.74) is 5.41. The van der Waals surface area contributed by atoms with Gasteiger partial charge in [-0.15, -0.1) is 11.3 Å². The molecule has 0 saturated heterocycles. The molecule has 1 aromatic heterocycles. The molecule has 0 aliphatic heterocycles. The van der Waals surface area contributed by atoms with Gasteiger partial charge in [0.1, 0.15) is 0 Å². The number of nitrogens with two attached hydrogens (primary N) is 1. The smallest absolute Gasteiger partial charge is 0.266 e. The maximum absolute atomic E-state index is 12.7. The van der Waals surface area contributed by atoms with E-state index in [4.69, 9.17) is 17.3 Å². The second-order valence-corrected chi connectivity index (χ2v) is 4.14. The van der Waals surface area contributed by atoms with Crippen LogP contribution in [0.4, 0.5) is 14.5 Å². The van der Waals surface area contributed by atoms with Crippen molar-refractivity contribution in [2.24, 2.45) is 0 Å². The van der Waals surface area contributed by atoms with Crippen molar-refractivity contribution in [3.8, 4) is 0 Å². The molecule has 2 rings (SSSR count). The van der Waals surface area contributed by atoms with Crippen LogP contribution in [0.25, 0.3) is 10.1 Å². The van der Waals surface area contributed by atoms with E-state index in [-0.39, 0.29) is 11.3 Å². The predicted molar refractivity (Wildman–Crippen MR) is 56.2 cm³/mol. The molecule has 0 bridgehead atoms. The van der Waals surface area contributed by atoms with Crippen LogP contribution in [0.3, 0.4) is 0 Å². The number of halogens is 3. The zero-order chi connectivity index (χ0) is 10.3. The van der Waals surface area contributed by atoms with Gasteiger partial charge in [0, 0.05) is 21.2 Å². The van der Waals surface area contributed by atoms with Gasteiger partial charge in [0.2, 0.25) is 0 Å². The maximum Gasteiger partial charge on any atom is 0.266 e. The minimum atomic E-state index is -2.59. The van der Waals surface area contributed by atoms with Gasteiger partial charge in [-0.1, -0.05) is 11.6 Å². The molecule has 0 atom stereocenters. The van der Waals surface area contributed by atoms with Crippen molar-refractivity contribution in [3.05, 3.63) is 28.1 Å². The van der Waals surface area contributed by atoms with Crippen LogP contribution in [0.15, 0.2) is 17.5 Å². The fraction of sp³-hybridized carbons (Fsp3) is 0.111. The molecule has 1 aromatic carbocycles. The Kier molecular flexibility index (Phi) is 2.33. The first-order valence-electron chi connectivity index (χ1n) is 3.84. The average molecular weight is 234 g/mol. The van der Waals surface area contributed by atoms with Crippen molar-refractivity contribution < 1.29 is 8.78 Å². The summed E-state index contributed by atoms with van der Waals surface area (Å²) >= 11 is 7.15. The largest absolute Gasteiger partial charge is 0.398 e. The summed E-state index contributed by atoms with van der Waals surface area (Å²) in [5, 5.41) is 2.36. The van der Waals surface area contributed by atoms with Crippen LogP contribution in [-0.2, 0) is 0 Å². The van der Waals surface area contributed by atoms with Gasteiger partial charge in [0.25, 0.3) is 6.43 Å². The van der Waals surface area contributed by atoms with Gasteiger partial charge in [-0.05, 0) is 12.1 Å². The number of hydrogen-bond acceptors (Lipinski definition) is 2. The lowest BCUT2D eigenvalue weighted by Gasteiger charge is -2.06. The Hall–Kier alpha value is -0.870. The Balaban J connectivity index is 2.87. The summed E-state index contributed by atoms with van der Waals surface area (Å²) in [4.78, 5) is 0. The van der Waals surface area contributed by atoms with Crippen LogP contribution in [0.5, 0.6) is 0 Å². The molecule has 0 unspecified atom stereocenters. The predicted octanol–water partition coefficient (Wildman–Crippen LogP) is 4.07. The number of anilines is 1. The number of rotatable bonds is 1. The molecular weight excluding hydrogens is 228 g/mol. The number of thiophene rings is 1. The highest BCUT2D eigenvalue weighted by Crippen LogP contribution is 2.39. The van der Waals surface area contributed by atoms with Crippen molar-refractivity contribution in [2.45, 2.75) is 6.43 Å². The van der Waals surface area contributed by atoms with Crippen molar-refractivity contribution >= 4 is 38.7 Å². The van der Waals surface area contributed by atoms with Gasteiger partial charge in [-0.2, -0.15) is 0 Å². The third kappa shape index (κ3) is 1.35. The van der Waals surface area contributed by atoms with Crippen LogP contribution in [0.1, 0.15) is 12.0 Å². The zero-order valence-corrected chi connectivity index (χ0v) is 8.50. The lowest BCUT2D eigenvalue weighted by molar-refractivity contribution is 0.154. The van der Waals surface area contributed by atoms with E-state index >= 15 is 0 Å². The summed E-state index contributed by atoms with van der Waals surface area (Å²) < 4.78 is 26.1. The van der Waals surface area contributed by atoms with Crippen molar-refractivity contribution in [2.75, 3.05) is 5.73 Å². The van der Waals surface area contributed by atoms with Crippen LogP contribution < -0.4 is 5.73 Å². The van der Waals surface area contributed by atoms with Crippen LogP contribution in [0.2, 0.25) is 5.02 Å². The molecule has 0 radical (unpaired) electrons. The van der Waals surface area contributed by atoms with E-state index in [2.05, 4.69) is 0 Å². The molecule has 0 aliphatic carbocycles. The summed E-state index contributed by atoms with van der Waals surface area (Å²) in [5.74, 6) is 0. The summed E-state index contributed by atoms with van der Waals surface area (Å²) in [7, 11) is 0. The fourth-order valence-corrected chi connectivity index (χ4v) is 2.60. The summed E-state index contributed by atoms with van der Waals surface area (Å²) in [6, 6.07) is 3.18. The molecule has 0 fully saturated rings. The van der Waals surface area contributed by atoms with Gasteiger partial charge >= 0.3 is 0 Å². The number of fused-ring (bicyclic) bond motifs is 1. The van der Waals surface area contributed by atoms with Crippen molar-refractivity contribution in [1.29, 1.82) is 0 Å². The number of alkyl halides is 2. The SMILES string of the molecule is Nc1ccc2scc(Cl)c2c1C(F)F. The highest BCUT2D eigenvalue weighted by Gasteiger charge is 2.18. The molecule has 1 heterocycles. The minimum absolute atomic E-state index is 0.0906. The van der Waals surface area contributed by atoms with E-state index in [0.29, 0.717) is 10.4 Å². The highest BCUT2D eigenvalue weighted by atomic mass is 35.5. The van der Waals surface area contributed by atoms with E-state index < -0.39 is 6.43 Å². The normalized spacial score (nSPS) is 11.4. The Labute approximate surface area is 88.1 Å². The molecule has 74 valence electrons. The lowest BCUT2D eigenvalue weighted by Crippen LogP contribution is -1.94. The number of hydrogen-bond donors (Lipinski definition) is 1. The van der Waals surface area contributed by atoms with E-state index in [1.54, 1.807) is 11.4 Å². The summed E-state index contributed by atoms with van der Waals surface area (Å²) in [6.07, 6.45) is -2.59. The number of nitrogen functional groups attached to an aromatic ring is 1. The maximum atomic E-state index is 12.7. The number of benzene rings is 1. The van der Waals surface area contributed by atoms with E-state index in [0.717, 1.165) is 4.70 Å². The second-order valence-electron chi connectivity index (χ2n) is 2.83. The molecule has 0 spiro atoms. The van der Waals surface area contributed by atoms with Gasteiger partial charge < -0.3 is 5.73 Å². The van der Waals surface area contributed by atoms with Crippen LogP contribution >= 0.6 is 22.9 Å². The van der Waals surface area contributed by atoms with Gasteiger partial charge in [-0.3, -0.25) is 0 Å². The molecule has 0 saturated carbocycles. The summed E-state index contributed by atoms with van der Waals surface area (Å²) in [6.45, 7) is 0. The molecule has 2 aromatic rings. The first-order valence-corrected chi connectivity index (χ1v) is 5.10. The standard InChI is InChI=1S/C9H6ClF2NS/c10-4-3-14-6-2-1-5(13)8(7(4)6)9(11)12/h1-3,9H,13H2. The van der Waals surface area contributed by atoms with Gasteiger partial charge in [-0.25, -0.2) is 8.78 Å². The van der Waals surface area contributed by atoms with Crippen molar-refractivity contribution in [3.63, 3.8) is 0 Å². The topological polar surface area (TPSA) is 26.0 Å². The molecule has 1 nitrogen and oxygen atoms in total. The molecular formula is C9H6ClF2NS. The second kappa shape index (κ2) is 3.37. The average Bonchev–Trinajstić information content (AvgIpc) is 2.47. The third-order valence-corrected chi connectivity index (χ3v) is 3.36. The Morgan fingerprint density at radius 1 is 1.36 bits per heavy atom.